The molecule has 0 aliphatic carbocycles. The average molecular weight is 501 g/mol. The third-order valence-corrected chi connectivity index (χ3v) is 7.37. The van der Waals surface area contributed by atoms with Gasteiger partial charge in [0.1, 0.15) is 5.60 Å². The van der Waals surface area contributed by atoms with Crippen LogP contribution in [0.4, 0.5) is 0 Å². The zero-order valence-electron chi connectivity index (χ0n) is 23.7. The SMILES string of the molecule is CC.CCCC(CC(C)C(C)C(=O)OC(C)(C)C)N1CC(c2ccc(C3CCC(=O)NC3=O)cc2)C1. The van der Waals surface area contributed by atoms with E-state index in [-0.39, 0.29) is 35.5 Å². The highest BCUT2D eigenvalue weighted by Crippen LogP contribution is 2.34. The fourth-order valence-corrected chi connectivity index (χ4v) is 5.08. The molecule has 2 amide bonds. The summed E-state index contributed by atoms with van der Waals surface area (Å²) in [4.78, 5) is 38.6. The number of likely N-dealkylation sites (tertiary alicyclic amines) is 1. The highest BCUT2D eigenvalue weighted by atomic mass is 16.6. The van der Waals surface area contributed by atoms with Gasteiger partial charge in [-0.1, -0.05) is 65.3 Å². The van der Waals surface area contributed by atoms with Crippen molar-refractivity contribution in [2.75, 3.05) is 13.1 Å². The van der Waals surface area contributed by atoms with Gasteiger partial charge < -0.3 is 4.74 Å². The number of carbonyl (C=O) groups excluding carboxylic acids is 3. The molecule has 36 heavy (non-hydrogen) atoms. The largest absolute Gasteiger partial charge is 0.460 e. The van der Waals surface area contributed by atoms with Crippen molar-refractivity contribution in [3.05, 3.63) is 35.4 Å². The van der Waals surface area contributed by atoms with Crippen LogP contribution in [-0.2, 0) is 19.1 Å². The van der Waals surface area contributed by atoms with E-state index >= 15 is 0 Å². The summed E-state index contributed by atoms with van der Waals surface area (Å²) in [5, 5.41) is 2.45. The third-order valence-electron chi connectivity index (χ3n) is 7.37. The molecule has 2 aliphatic heterocycles. The molecule has 0 bridgehead atoms. The molecule has 1 aromatic carbocycles. The Morgan fingerprint density at radius 3 is 2.19 bits per heavy atom. The lowest BCUT2D eigenvalue weighted by atomic mass is 9.83. The first kappa shape index (κ1) is 30.0. The molecule has 6 heteroatoms. The van der Waals surface area contributed by atoms with E-state index in [0.29, 0.717) is 24.8 Å². The highest BCUT2D eigenvalue weighted by Gasteiger charge is 2.36. The van der Waals surface area contributed by atoms with Crippen molar-refractivity contribution >= 4 is 17.8 Å². The minimum Gasteiger partial charge on any atom is -0.460 e. The van der Waals surface area contributed by atoms with Crippen LogP contribution in [0.1, 0.15) is 110 Å². The molecule has 0 saturated carbocycles. The number of carbonyl (C=O) groups is 3. The molecule has 0 spiro atoms. The van der Waals surface area contributed by atoms with Crippen molar-refractivity contribution in [2.45, 2.75) is 111 Å². The molecule has 202 valence electrons. The van der Waals surface area contributed by atoms with Crippen molar-refractivity contribution in [3.63, 3.8) is 0 Å². The van der Waals surface area contributed by atoms with Gasteiger partial charge in [-0.25, -0.2) is 0 Å². The standard InChI is InChI=1S/C28H42N2O4.C2H6/c1-7-8-23(15-18(2)19(3)27(33)34-28(4,5)6)30-16-22(17-30)20-9-11-21(12-10-20)24-13-14-25(31)29-26(24)32;1-2/h9-12,18-19,22-24H,7-8,13-17H2,1-6H3,(H,29,31,32);1-2H3. The maximum absolute atomic E-state index is 12.5. The first-order valence-corrected chi connectivity index (χ1v) is 13.9. The van der Waals surface area contributed by atoms with Crippen LogP contribution in [0.25, 0.3) is 0 Å². The molecule has 4 unspecified atom stereocenters. The van der Waals surface area contributed by atoms with Crippen LogP contribution in [0.2, 0.25) is 0 Å². The number of piperidine rings is 1. The van der Waals surface area contributed by atoms with Crippen LogP contribution >= 0.6 is 0 Å². The molecule has 1 aromatic rings. The first-order chi connectivity index (χ1) is 17.0. The summed E-state index contributed by atoms with van der Waals surface area (Å²) in [6.07, 6.45) is 4.24. The van der Waals surface area contributed by atoms with Crippen molar-refractivity contribution in [3.8, 4) is 0 Å². The lowest BCUT2D eigenvalue weighted by molar-refractivity contribution is -0.161. The average Bonchev–Trinajstić information content (AvgIpc) is 2.78. The number of amides is 2. The number of imide groups is 1. The fourth-order valence-electron chi connectivity index (χ4n) is 5.08. The van der Waals surface area contributed by atoms with E-state index in [0.717, 1.165) is 37.9 Å². The fraction of sp³-hybridized carbons (Fsp3) is 0.700. The molecule has 2 heterocycles. The van der Waals surface area contributed by atoms with Gasteiger partial charge in [-0.15, -0.1) is 0 Å². The van der Waals surface area contributed by atoms with E-state index in [1.165, 1.54) is 5.56 Å². The van der Waals surface area contributed by atoms with Gasteiger partial charge in [-0.2, -0.15) is 0 Å². The summed E-state index contributed by atoms with van der Waals surface area (Å²) in [7, 11) is 0. The van der Waals surface area contributed by atoms with Crippen LogP contribution in [0.15, 0.2) is 24.3 Å². The number of nitrogens with zero attached hydrogens (tertiary/aromatic N) is 1. The Morgan fingerprint density at radius 1 is 1.08 bits per heavy atom. The Hall–Kier alpha value is -2.21. The summed E-state index contributed by atoms with van der Waals surface area (Å²) in [5.41, 5.74) is 1.84. The minimum atomic E-state index is -0.452. The van der Waals surface area contributed by atoms with Crippen LogP contribution < -0.4 is 5.32 Å². The summed E-state index contributed by atoms with van der Waals surface area (Å²) in [6, 6.07) is 8.86. The van der Waals surface area contributed by atoms with Crippen LogP contribution in [-0.4, -0.2) is 47.4 Å². The minimum absolute atomic E-state index is 0.104. The van der Waals surface area contributed by atoms with Crippen molar-refractivity contribution in [1.82, 2.24) is 10.2 Å². The Morgan fingerprint density at radius 2 is 1.67 bits per heavy atom. The van der Waals surface area contributed by atoms with Gasteiger partial charge in [0.15, 0.2) is 0 Å². The zero-order valence-corrected chi connectivity index (χ0v) is 23.7. The number of hydrogen-bond donors (Lipinski definition) is 1. The lowest BCUT2D eigenvalue weighted by Crippen LogP contribution is -2.51. The second-order valence-corrected chi connectivity index (χ2v) is 11.3. The maximum Gasteiger partial charge on any atom is 0.309 e. The van der Waals surface area contributed by atoms with Gasteiger partial charge in [0, 0.05) is 31.5 Å². The van der Waals surface area contributed by atoms with Gasteiger partial charge in [0.2, 0.25) is 11.8 Å². The highest BCUT2D eigenvalue weighted by molar-refractivity contribution is 6.00. The molecule has 0 radical (unpaired) electrons. The summed E-state index contributed by atoms with van der Waals surface area (Å²) in [6.45, 7) is 18.2. The molecular formula is C30H48N2O4. The van der Waals surface area contributed by atoms with E-state index in [1.54, 1.807) is 0 Å². The third kappa shape index (κ3) is 8.16. The van der Waals surface area contributed by atoms with E-state index in [9.17, 15) is 14.4 Å². The molecule has 3 rings (SSSR count). The number of hydrogen-bond acceptors (Lipinski definition) is 5. The Balaban J connectivity index is 0.00000222. The van der Waals surface area contributed by atoms with Gasteiger partial charge in [0.25, 0.3) is 0 Å². The normalized spacial score (nSPS) is 21.4. The molecular weight excluding hydrogens is 452 g/mol. The quantitative estimate of drug-likeness (QED) is 0.342. The topological polar surface area (TPSA) is 75.7 Å². The van der Waals surface area contributed by atoms with Crippen molar-refractivity contribution in [2.24, 2.45) is 11.8 Å². The molecule has 6 nitrogen and oxygen atoms in total. The molecule has 2 aliphatic rings. The zero-order chi connectivity index (χ0) is 27.0. The Labute approximate surface area is 218 Å². The second-order valence-electron chi connectivity index (χ2n) is 11.3. The first-order valence-electron chi connectivity index (χ1n) is 13.9. The molecule has 4 atom stereocenters. The Kier molecular flexibility index (Phi) is 11.1. The Bertz CT molecular complexity index is 868. The predicted molar refractivity (Wildman–Crippen MR) is 145 cm³/mol. The van der Waals surface area contributed by atoms with Crippen LogP contribution in [0.5, 0.6) is 0 Å². The van der Waals surface area contributed by atoms with E-state index in [2.05, 4.69) is 36.2 Å². The summed E-state index contributed by atoms with van der Waals surface area (Å²) in [5.74, 6) is -0.0535. The van der Waals surface area contributed by atoms with Gasteiger partial charge in [-0.05, 0) is 57.1 Å². The molecule has 1 N–H and O–H groups in total. The monoisotopic (exact) mass is 500 g/mol. The van der Waals surface area contributed by atoms with Gasteiger partial charge in [0.05, 0.1) is 11.8 Å². The van der Waals surface area contributed by atoms with E-state index in [4.69, 9.17) is 4.74 Å². The smallest absolute Gasteiger partial charge is 0.309 e. The van der Waals surface area contributed by atoms with Crippen molar-refractivity contribution in [1.29, 1.82) is 0 Å². The van der Waals surface area contributed by atoms with E-state index < -0.39 is 5.60 Å². The second kappa shape index (κ2) is 13.4. The maximum atomic E-state index is 12.5. The lowest BCUT2D eigenvalue weighted by Gasteiger charge is -2.46. The number of benzene rings is 1. The van der Waals surface area contributed by atoms with Crippen LogP contribution in [0.3, 0.4) is 0 Å². The molecule has 2 saturated heterocycles. The summed E-state index contributed by atoms with van der Waals surface area (Å²) < 4.78 is 5.61. The number of nitrogens with one attached hydrogen (secondary N) is 1. The van der Waals surface area contributed by atoms with Crippen LogP contribution in [0, 0.1) is 11.8 Å². The molecule has 0 aromatic heterocycles. The number of esters is 1. The summed E-state index contributed by atoms with van der Waals surface area (Å²) >= 11 is 0. The van der Waals surface area contributed by atoms with Gasteiger partial charge >= 0.3 is 5.97 Å². The molecule has 2 fully saturated rings. The number of ether oxygens (including phenoxy) is 1. The number of rotatable bonds is 9. The van der Waals surface area contributed by atoms with Crippen molar-refractivity contribution < 1.29 is 19.1 Å². The van der Waals surface area contributed by atoms with Gasteiger partial charge in [-0.3, -0.25) is 24.6 Å². The van der Waals surface area contributed by atoms with E-state index in [1.807, 2.05) is 53.7 Å². The predicted octanol–water partition coefficient (Wildman–Crippen LogP) is 5.80.